The number of benzene rings is 2. The first-order chi connectivity index (χ1) is 10.5. The van der Waals surface area contributed by atoms with E-state index in [-0.39, 0.29) is 5.97 Å². The second-order valence-corrected chi connectivity index (χ2v) is 5.80. The van der Waals surface area contributed by atoms with E-state index in [0.29, 0.717) is 13.2 Å². The molecule has 3 heteroatoms. The van der Waals surface area contributed by atoms with E-state index in [0.717, 1.165) is 11.1 Å². The Morgan fingerprint density at radius 3 is 1.82 bits per heavy atom. The summed E-state index contributed by atoms with van der Waals surface area (Å²) >= 11 is 0. The molecule has 0 heterocycles. The predicted molar refractivity (Wildman–Crippen MR) is 88.9 cm³/mol. The molecule has 22 heavy (non-hydrogen) atoms. The normalized spacial score (nSPS) is 11.5. The van der Waals surface area contributed by atoms with Gasteiger partial charge in [0.05, 0.1) is 0 Å². The fourth-order valence-electron chi connectivity index (χ4n) is 2.41. The fourth-order valence-corrected chi connectivity index (χ4v) is 2.41. The quantitative estimate of drug-likeness (QED) is 0.767. The monoisotopic (exact) mass is 297 g/mol. The van der Waals surface area contributed by atoms with Gasteiger partial charge in [0.25, 0.3) is 0 Å². The van der Waals surface area contributed by atoms with Gasteiger partial charge in [-0.2, -0.15) is 0 Å². The lowest BCUT2D eigenvalue weighted by Gasteiger charge is -2.29. The summed E-state index contributed by atoms with van der Waals surface area (Å²) in [5.41, 5.74) is 1.08. The van der Waals surface area contributed by atoms with Crippen LogP contribution in [0.3, 0.4) is 0 Å². The molecule has 2 aromatic rings. The maximum atomic E-state index is 12.8. The maximum absolute atomic E-state index is 12.8. The Hall–Kier alpha value is -2.13. The molecule has 0 aliphatic heterocycles. The minimum atomic E-state index is -0.797. The Morgan fingerprint density at radius 1 is 0.955 bits per heavy atom. The number of carbonyl (C=O) groups excluding carboxylic acids is 1. The average molecular weight is 297 g/mol. The van der Waals surface area contributed by atoms with Crippen molar-refractivity contribution in [2.75, 3.05) is 27.2 Å². The van der Waals surface area contributed by atoms with Gasteiger partial charge in [0.2, 0.25) is 0 Å². The molecule has 0 amide bonds. The molecule has 0 aromatic heterocycles. The molecule has 0 aliphatic rings. The van der Waals surface area contributed by atoms with Gasteiger partial charge in [-0.1, -0.05) is 60.7 Å². The third-order valence-corrected chi connectivity index (χ3v) is 3.88. The molecule has 116 valence electrons. The van der Waals surface area contributed by atoms with E-state index >= 15 is 0 Å². The molecule has 0 bridgehead atoms. The number of ether oxygens (including phenoxy) is 1. The number of rotatable bonds is 6. The average Bonchev–Trinajstić information content (AvgIpc) is 2.55. The van der Waals surface area contributed by atoms with Crippen molar-refractivity contribution < 1.29 is 9.53 Å². The number of likely N-dealkylation sites (N-methyl/N-ethyl adjacent to an activating group) is 1. The molecule has 0 aliphatic carbocycles. The van der Waals surface area contributed by atoms with Gasteiger partial charge in [0.15, 0.2) is 0 Å². The zero-order chi connectivity index (χ0) is 16.0. The van der Waals surface area contributed by atoms with Crippen molar-refractivity contribution in [2.45, 2.75) is 12.3 Å². The maximum Gasteiger partial charge on any atom is 0.320 e. The lowest BCUT2D eigenvalue weighted by atomic mass is 9.76. The van der Waals surface area contributed by atoms with E-state index in [1.807, 2.05) is 86.6 Å². The third-order valence-electron chi connectivity index (χ3n) is 3.88. The molecule has 0 spiro atoms. The molecule has 0 atom stereocenters. The van der Waals surface area contributed by atoms with Crippen LogP contribution in [0.25, 0.3) is 0 Å². The Morgan fingerprint density at radius 2 is 1.41 bits per heavy atom. The van der Waals surface area contributed by atoms with Crippen LogP contribution in [-0.4, -0.2) is 38.1 Å². The van der Waals surface area contributed by atoms with E-state index in [1.165, 1.54) is 0 Å². The van der Waals surface area contributed by atoms with Crippen LogP contribution in [0.4, 0.5) is 0 Å². The number of hydrogen-bond acceptors (Lipinski definition) is 3. The Labute approximate surface area is 132 Å². The molecule has 0 unspecified atom stereocenters. The van der Waals surface area contributed by atoms with Gasteiger partial charge in [0.1, 0.15) is 12.0 Å². The standard InChI is InChI=1S/C19H23NO2/c1-19(16-10-6-4-7-11-16,17-12-8-5-9-13-17)18(21)22-15-14-20(2)3/h4-13H,14-15H2,1-3H3. The lowest BCUT2D eigenvalue weighted by Crippen LogP contribution is -2.37. The highest BCUT2D eigenvalue weighted by molar-refractivity contribution is 5.87. The summed E-state index contributed by atoms with van der Waals surface area (Å²) in [4.78, 5) is 14.8. The van der Waals surface area contributed by atoms with Gasteiger partial charge in [0, 0.05) is 6.54 Å². The summed E-state index contributed by atoms with van der Waals surface area (Å²) in [6.45, 7) is 3.03. The predicted octanol–water partition coefficient (Wildman–Crippen LogP) is 3.10. The van der Waals surface area contributed by atoms with E-state index < -0.39 is 5.41 Å². The van der Waals surface area contributed by atoms with E-state index in [9.17, 15) is 4.79 Å². The lowest BCUT2D eigenvalue weighted by molar-refractivity contribution is -0.148. The van der Waals surface area contributed by atoms with Crippen molar-refractivity contribution in [3.63, 3.8) is 0 Å². The van der Waals surface area contributed by atoms with Crippen LogP contribution in [0, 0.1) is 0 Å². The van der Waals surface area contributed by atoms with Gasteiger partial charge >= 0.3 is 5.97 Å². The highest BCUT2D eigenvalue weighted by atomic mass is 16.5. The Kier molecular flexibility index (Phi) is 5.34. The van der Waals surface area contributed by atoms with Crippen molar-refractivity contribution in [3.05, 3.63) is 71.8 Å². The highest BCUT2D eigenvalue weighted by Crippen LogP contribution is 2.33. The molecular weight excluding hydrogens is 274 g/mol. The van der Waals surface area contributed by atoms with Crippen molar-refractivity contribution in [2.24, 2.45) is 0 Å². The Bertz CT molecular complexity index is 554. The van der Waals surface area contributed by atoms with Crippen LogP contribution >= 0.6 is 0 Å². The van der Waals surface area contributed by atoms with Gasteiger partial charge in [-0.05, 0) is 32.1 Å². The van der Waals surface area contributed by atoms with Crippen molar-refractivity contribution >= 4 is 5.97 Å². The minimum Gasteiger partial charge on any atom is -0.463 e. The van der Waals surface area contributed by atoms with E-state index in [4.69, 9.17) is 4.74 Å². The molecule has 0 fully saturated rings. The number of nitrogens with zero attached hydrogens (tertiary/aromatic N) is 1. The molecule has 2 aromatic carbocycles. The molecule has 0 saturated heterocycles. The molecule has 0 N–H and O–H groups in total. The van der Waals surface area contributed by atoms with Crippen molar-refractivity contribution in [1.29, 1.82) is 0 Å². The summed E-state index contributed by atoms with van der Waals surface area (Å²) in [5, 5.41) is 0. The zero-order valence-electron chi connectivity index (χ0n) is 13.5. The smallest absolute Gasteiger partial charge is 0.320 e. The second-order valence-electron chi connectivity index (χ2n) is 5.80. The van der Waals surface area contributed by atoms with E-state index in [1.54, 1.807) is 0 Å². The van der Waals surface area contributed by atoms with Crippen LogP contribution < -0.4 is 0 Å². The van der Waals surface area contributed by atoms with Crippen LogP contribution in [0.5, 0.6) is 0 Å². The molecule has 0 saturated carbocycles. The number of esters is 1. The molecule has 0 radical (unpaired) electrons. The minimum absolute atomic E-state index is 0.216. The molecule has 2 rings (SSSR count). The highest BCUT2D eigenvalue weighted by Gasteiger charge is 2.38. The first-order valence-corrected chi connectivity index (χ1v) is 7.48. The van der Waals surface area contributed by atoms with Crippen LogP contribution in [0.1, 0.15) is 18.1 Å². The Balaban J connectivity index is 2.32. The largest absolute Gasteiger partial charge is 0.463 e. The summed E-state index contributed by atoms with van der Waals surface area (Å²) in [5.74, 6) is -0.216. The first-order valence-electron chi connectivity index (χ1n) is 7.48. The zero-order valence-corrected chi connectivity index (χ0v) is 13.5. The third kappa shape index (κ3) is 3.55. The van der Waals surface area contributed by atoms with Gasteiger partial charge < -0.3 is 9.64 Å². The molecule has 3 nitrogen and oxygen atoms in total. The second kappa shape index (κ2) is 7.23. The number of carbonyl (C=O) groups is 1. The SMILES string of the molecule is CN(C)CCOC(=O)C(C)(c1ccccc1)c1ccccc1. The topological polar surface area (TPSA) is 29.5 Å². The summed E-state index contributed by atoms with van der Waals surface area (Å²) in [6, 6.07) is 19.6. The van der Waals surface area contributed by atoms with Crippen LogP contribution in [0.15, 0.2) is 60.7 Å². The van der Waals surface area contributed by atoms with Crippen molar-refractivity contribution in [1.82, 2.24) is 4.90 Å². The van der Waals surface area contributed by atoms with Gasteiger partial charge in [-0.15, -0.1) is 0 Å². The van der Waals surface area contributed by atoms with Crippen molar-refractivity contribution in [3.8, 4) is 0 Å². The fraction of sp³-hybridized carbons (Fsp3) is 0.316. The van der Waals surface area contributed by atoms with Crippen LogP contribution in [0.2, 0.25) is 0 Å². The first kappa shape index (κ1) is 16.2. The van der Waals surface area contributed by atoms with Gasteiger partial charge in [-0.3, -0.25) is 4.79 Å². The summed E-state index contributed by atoms with van der Waals surface area (Å²) < 4.78 is 5.55. The van der Waals surface area contributed by atoms with Gasteiger partial charge in [-0.25, -0.2) is 0 Å². The summed E-state index contributed by atoms with van der Waals surface area (Å²) in [6.07, 6.45) is 0. The van der Waals surface area contributed by atoms with Crippen LogP contribution in [-0.2, 0) is 14.9 Å². The van der Waals surface area contributed by atoms with E-state index in [2.05, 4.69) is 0 Å². The number of hydrogen-bond donors (Lipinski definition) is 0. The molecular formula is C19H23NO2. The summed E-state index contributed by atoms with van der Waals surface area (Å²) in [7, 11) is 3.92.